The van der Waals surface area contributed by atoms with Crippen LogP contribution in [-0.4, -0.2) is 48.1 Å². The van der Waals surface area contributed by atoms with Crippen LogP contribution in [0.4, 0.5) is 4.39 Å². The maximum atomic E-state index is 14.1. The van der Waals surface area contributed by atoms with Crippen LogP contribution < -0.4 is 5.32 Å². The average molecular weight is 459 g/mol. The van der Waals surface area contributed by atoms with Gasteiger partial charge in [0.15, 0.2) is 0 Å². The first-order valence-corrected chi connectivity index (χ1v) is 12.7. The molecule has 1 aromatic heterocycles. The van der Waals surface area contributed by atoms with Gasteiger partial charge in [0.2, 0.25) is 10.0 Å². The van der Waals surface area contributed by atoms with Gasteiger partial charge in [0, 0.05) is 41.5 Å². The number of carbonyl (C=O) groups excluding carboxylic acids is 1. The number of hydrogen-bond acceptors (Lipinski definition) is 4. The Balaban J connectivity index is 1.30. The Labute approximate surface area is 186 Å². The molecule has 2 aromatic rings. The van der Waals surface area contributed by atoms with E-state index in [1.165, 1.54) is 23.0 Å². The number of carbonyl (C=O) groups is 1. The highest BCUT2D eigenvalue weighted by Gasteiger charge is 2.48. The monoisotopic (exact) mass is 458 g/mol. The third kappa shape index (κ3) is 3.77. The Hall–Kier alpha value is -2.52. The van der Waals surface area contributed by atoms with E-state index in [1.54, 1.807) is 18.2 Å². The van der Waals surface area contributed by atoms with E-state index < -0.39 is 21.4 Å². The SMILES string of the molecule is O=C1NC(C2CCCCC2)=NC12CCN(S(=O)(=O)/C=C/c1cccc3[nH]cc(F)c13)CC2. The summed E-state index contributed by atoms with van der Waals surface area (Å²) in [5, 5.41) is 4.48. The summed E-state index contributed by atoms with van der Waals surface area (Å²) in [5.74, 6) is 0.595. The summed E-state index contributed by atoms with van der Waals surface area (Å²) in [6.07, 6.45) is 9.07. The molecular weight excluding hydrogens is 431 g/mol. The molecule has 9 heteroatoms. The minimum Gasteiger partial charge on any atom is -0.359 e. The molecule has 170 valence electrons. The van der Waals surface area contributed by atoms with Crippen molar-refractivity contribution in [2.75, 3.05) is 13.1 Å². The maximum absolute atomic E-state index is 14.1. The number of nitrogens with zero attached hydrogens (tertiary/aromatic N) is 2. The molecule has 0 bridgehead atoms. The molecule has 1 saturated heterocycles. The lowest BCUT2D eigenvalue weighted by molar-refractivity contribution is -0.124. The second kappa shape index (κ2) is 8.12. The van der Waals surface area contributed by atoms with Gasteiger partial charge in [-0.1, -0.05) is 31.4 Å². The quantitative estimate of drug-likeness (QED) is 0.734. The van der Waals surface area contributed by atoms with Crippen LogP contribution in [0.2, 0.25) is 0 Å². The van der Waals surface area contributed by atoms with Crippen LogP contribution in [0.25, 0.3) is 17.0 Å². The summed E-state index contributed by atoms with van der Waals surface area (Å²) in [4.78, 5) is 20.4. The van der Waals surface area contributed by atoms with Crippen LogP contribution >= 0.6 is 0 Å². The standard InChI is InChI=1S/C23H27FN4O3S/c24-18-15-25-19-8-4-7-16(20(18)19)9-14-32(30,31)28-12-10-23(11-13-28)22(29)26-21(27-23)17-5-2-1-3-6-17/h4,7-9,14-15,17,25H,1-3,5-6,10-13H2,(H,26,27,29)/b14-9+. The summed E-state index contributed by atoms with van der Waals surface area (Å²) in [7, 11) is -3.70. The van der Waals surface area contributed by atoms with Gasteiger partial charge in [-0.15, -0.1) is 0 Å². The number of fused-ring (bicyclic) bond motifs is 1. The van der Waals surface area contributed by atoms with Crippen molar-refractivity contribution in [1.29, 1.82) is 0 Å². The van der Waals surface area contributed by atoms with E-state index in [4.69, 9.17) is 4.99 Å². The fourth-order valence-corrected chi connectivity index (χ4v) is 6.30. The van der Waals surface area contributed by atoms with Gasteiger partial charge in [-0.05, 0) is 43.4 Å². The molecular formula is C23H27FN4O3S. The molecule has 1 aliphatic carbocycles. The first-order valence-electron chi connectivity index (χ1n) is 11.2. The van der Waals surface area contributed by atoms with E-state index >= 15 is 0 Å². The minimum atomic E-state index is -3.70. The van der Waals surface area contributed by atoms with Crippen molar-refractivity contribution in [1.82, 2.24) is 14.6 Å². The van der Waals surface area contributed by atoms with Crippen molar-refractivity contribution < 1.29 is 17.6 Å². The molecule has 1 saturated carbocycles. The van der Waals surface area contributed by atoms with Crippen molar-refractivity contribution in [3.63, 3.8) is 0 Å². The first-order chi connectivity index (χ1) is 15.4. The molecule has 1 aromatic carbocycles. The number of amidine groups is 1. The van der Waals surface area contributed by atoms with Gasteiger partial charge in [0.25, 0.3) is 5.91 Å². The zero-order chi connectivity index (χ0) is 22.3. The van der Waals surface area contributed by atoms with Gasteiger partial charge < -0.3 is 10.3 Å². The van der Waals surface area contributed by atoms with Crippen molar-refractivity contribution in [3.05, 3.63) is 41.2 Å². The Kier molecular flexibility index (Phi) is 5.41. The zero-order valence-corrected chi connectivity index (χ0v) is 18.6. The van der Waals surface area contributed by atoms with E-state index in [0.29, 0.717) is 35.2 Å². The van der Waals surface area contributed by atoms with Gasteiger partial charge in [-0.25, -0.2) is 12.8 Å². The molecule has 2 N–H and O–H groups in total. The predicted octanol–water partition coefficient (Wildman–Crippen LogP) is 3.55. The van der Waals surface area contributed by atoms with Crippen LogP contribution in [0.15, 0.2) is 34.8 Å². The van der Waals surface area contributed by atoms with E-state index in [1.807, 2.05) is 0 Å². The van der Waals surface area contributed by atoms with E-state index in [0.717, 1.165) is 36.9 Å². The number of nitrogens with one attached hydrogen (secondary N) is 2. The molecule has 2 aliphatic heterocycles. The van der Waals surface area contributed by atoms with E-state index in [9.17, 15) is 17.6 Å². The topological polar surface area (TPSA) is 94.6 Å². The normalized spacial score (nSPS) is 22.7. The molecule has 2 fully saturated rings. The summed E-state index contributed by atoms with van der Waals surface area (Å²) in [5.41, 5.74) is 0.263. The lowest BCUT2D eigenvalue weighted by atomic mass is 9.88. The van der Waals surface area contributed by atoms with Crippen LogP contribution in [0.5, 0.6) is 0 Å². The number of aromatic amines is 1. The Morgan fingerprint density at radius 3 is 2.66 bits per heavy atom. The van der Waals surface area contributed by atoms with Gasteiger partial charge in [0.1, 0.15) is 17.2 Å². The van der Waals surface area contributed by atoms with Gasteiger partial charge in [0.05, 0.1) is 0 Å². The molecule has 1 spiro atoms. The van der Waals surface area contributed by atoms with Crippen LogP contribution in [0.3, 0.4) is 0 Å². The number of benzene rings is 1. The molecule has 0 atom stereocenters. The highest BCUT2D eigenvalue weighted by molar-refractivity contribution is 7.92. The molecule has 0 radical (unpaired) electrons. The highest BCUT2D eigenvalue weighted by Crippen LogP contribution is 2.35. The molecule has 3 heterocycles. The Morgan fingerprint density at radius 2 is 1.91 bits per heavy atom. The molecule has 0 unspecified atom stereocenters. The average Bonchev–Trinajstić information content (AvgIpc) is 3.34. The number of halogens is 1. The number of piperidine rings is 1. The van der Waals surface area contributed by atoms with Crippen molar-refractivity contribution >= 4 is 38.7 Å². The molecule has 7 nitrogen and oxygen atoms in total. The number of aromatic nitrogens is 1. The van der Waals surface area contributed by atoms with Crippen molar-refractivity contribution in [2.24, 2.45) is 10.9 Å². The van der Waals surface area contributed by atoms with Crippen LogP contribution in [0, 0.1) is 11.7 Å². The number of sulfonamides is 1. The van der Waals surface area contributed by atoms with Crippen molar-refractivity contribution in [3.8, 4) is 0 Å². The predicted molar refractivity (Wildman–Crippen MR) is 122 cm³/mol. The molecule has 32 heavy (non-hydrogen) atoms. The van der Waals surface area contributed by atoms with Gasteiger partial charge in [-0.3, -0.25) is 9.79 Å². The third-order valence-corrected chi connectivity index (χ3v) is 8.57. The Morgan fingerprint density at radius 1 is 1.16 bits per heavy atom. The fourth-order valence-electron chi connectivity index (χ4n) is 5.12. The third-order valence-electron chi connectivity index (χ3n) is 7.01. The Bertz CT molecular complexity index is 1200. The number of hydrogen-bond donors (Lipinski definition) is 2. The minimum absolute atomic E-state index is 0.0970. The fraction of sp³-hybridized carbons (Fsp3) is 0.478. The summed E-state index contributed by atoms with van der Waals surface area (Å²) in [6.45, 7) is 0.453. The largest absolute Gasteiger partial charge is 0.359 e. The van der Waals surface area contributed by atoms with Crippen molar-refractivity contribution in [2.45, 2.75) is 50.5 Å². The number of H-pyrrole nitrogens is 1. The summed E-state index contributed by atoms with van der Waals surface area (Å²) >= 11 is 0. The lowest BCUT2D eigenvalue weighted by Gasteiger charge is -2.34. The first kappa shape index (κ1) is 21.3. The molecule has 3 aliphatic rings. The molecule has 1 amide bonds. The summed E-state index contributed by atoms with van der Waals surface area (Å²) in [6, 6.07) is 5.17. The zero-order valence-electron chi connectivity index (χ0n) is 17.8. The van der Waals surface area contributed by atoms with Crippen LogP contribution in [0.1, 0.15) is 50.5 Å². The van der Waals surface area contributed by atoms with E-state index in [-0.39, 0.29) is 19.0 Å². The second-order valence-corrected chi connectivity index (χ2v) is 10.8. The van der Waals surface area contributed by atoms with E-state index in [2.05, 4.69) is 10.3 Å². The lowest BCUT2D eigenvalue weighted by Crippen LogP contribution is -2.50. The maximum Gasteiger partial charge on any atom is 0.253 e. The van der Waals surface area contributed by atoms with Gasteiger partial charge in [-0.2, -0.15) is 4.31 Å². The number of rotatable bonds is 4. The van der Waals surface area contributed by atoms with Crippen LogP contribution in [-0.2, 0) is 14.8 Å². The highest BCUT2D eigenvalue weighted by atomic mass is 32.2. The number of aliphatic imine (C=N–C) groups is 1. The number of amides is 1. The second-order valence-electron chi connectivity index (χ2n) is 8.97. The smallest absolute Gasteiger partial charge is 0.253 e. The van der Waals surface area contributed by atoms with Gasteiger partial charge >= 0.3 is 0 Å². The molecule has 5 rings (SSSR count). The summed E-state index contributed by atoms with van der Waals surface area (Å²) < 4.78 is 41.3.